The van der Waals surface area contributed by atoms with Gasteiger partial charge >= 0.3 is 11.9 Å². The van der Waals surface area contributed by atoms with Gasteiger partial charge < -0.3 is 31.2 Å². The van der Waals surface area contributed by atoms with Gasteiger partial charge in [-0.25, -0.2) is 0 Å². The van der Waals surface area contributed by atoms with Gasteiger partial charge in [-0.1, -0.05) is 91.0 Å². The third kappa shape index (κ3) is 9.22. The van der Waals surface area contributed by atoms with Gasteiger partial charge in [-0.05, 0) is 50.3 Å². The Labute approximate surface area is 259 Å². The summed E-state index contributed by atoms with van der Waals surface area (Å²) in [6, 6.07) is 25.9. The maximum atomic E-state index is 14.1. The van der Waals surface area contributed by atoms with Gasteiger partial charge in [0.25, 0.3) is 0 Å². The van der Waals surface area contributed by atoms with Gasteiger partial charge in [0.15, 0.2) is 0 Å². The van der Waals surface area contributed by atoms with E-state index in [0.717, 1.165) is 16.7 Å². The Hall–Kier alpha value is -4.05. The van der Waals surface area contributed by atoms with E-state index in [1.807, 2.05) is 66.7 Å². The predicted octanol–water partition coefficient (Wildman–Crippen LogP) is 3.51. The summed E-state index contributed by atoms with van der Waals surface area (Å²) in [6.07, 6.45) is 0.385. The van der Waals surface area contributed by atoms with Crippen molar-refractivity contribution >= 4 is 17.8 Å². The molecule has 1 fully saturated rings. The fourth-order valence-electron chi connectivity index (χ4n) is 5.38. The van der Waals surface area contributed by atoms with Crippen molar-refractivity contribution in [2.75, 3.05) is 13.1 Å². The average molecular weight is 601 g/mol. The van der Waals surface area contributed by atoms with Gasteiger partial charge in [-0.3, -0.25) is 14.4 Å². The fraction of sp³-hybridized carbons (Fsp3) is 0.400. The van der Waals surface area contributed by atoms with Gasteiger partial charge in [0, 0.05) is 25.0 Å². The number of carbonyl (C=O) groups excluding carboxylic acids is 3. The molecule has 0 bridgehead atoms. The monoisotopic (exact) mass is 600 g/mol. The van der Waals surface area contributed by atoms with Gasteiger partial charge in [0.2, 0.25) is 5.91 Å². The highest BCUT2D eigenvalue weighted by Crippen LogP contribution is 2.27. The number of nitrogens with one attached hydrogen (secondary N) is 1. The van der Waals surface area contributed by atoms with Crippen LogP contribution in [-0.4, -0.2) is 65.6 Å². The second-order valence-corrected chi connectivity index (χ2v) is 12.3. The fourth-order valence-corrected chi connectivity index (χ4v) is 5.38. The number of amides is 1. The van der Waals surface area contributed by atoms with E-state index in [9.17, 15) is 14.4 Å². The van der Waals surface area contributed by atoms with Crippen LogP contribution < -0.4 is 16.8 Å². The number of hydrogen-bond acceptors (Lipinski definition) is 8. The molecule has 9 nitrogen and oxygen atoms in total. The van der Waals surface area contributed by atoms with Crippen LogP contribution in [0.2, 0.25) is 0 Å². The maximum absolute atomic E-state index is 14.1. The van der Waals surface area contributed by atoms with Crippen molar-refractivity contribution in [2.24, 2.45) is 11.5 Å². The highest BCUT2D eigenvalue weighted by atomic mass is 16.6. The minimum Gasteiger partial charge on any atom is -0.460 e. The van der Waals surface area contributed by atoms with Crippen LogP contribution in [0.15, 0.2) is 91.0 Å². The minimum atomic E-state index is -1.06. The Kier molecular flexibility index (Phi) is 11.3. The Balaban J connectivity index is 1.56. The lowest BCUT2D eigenvalue weighted by molar-refractivity contribution is -0.157. The molecule has 5 N–H and O–H groups in total. The molecule has 1 amide bonds. The first kappa shape index (κ1) is 32.9. The zero-order valence-electron chi connectivity index (χ0n) is 25.7. The lowest BCUT2D eigenvalue weighted by atomic mass is 9.90. The van der Waals surface area contributed by atoms with Crippen molar-refractivity contribution in [1.29, 1.82) is 0 Å². The normalized spacial score (nSPS) is 18.8. The summed E-state index contributed by atoms with van der Waals surface area (Å²) in [6.45, 7) is 6.12. The molecule has 1 heterocycles. The second kappa shape index (κ2) is 15.1. The minimum absolute atomic E-state index is 0.0200. The molecule has 1 aliphatic heterocycles. The van der Waals surface area contributed by atoms with Crippen LogP contribution in [0, 0.1) is 0 Å². The largest absolute Gasteiger partial charge is 0.460 e. The van der Waals surface area contributed by atoms with Crippen LogP contribution in [0.3, 0.4) is 0 Å². The molecule has 9 heteroatoms. The summed E-state index contributed by atoms with van der Waals surface area (Å²) < 4.78 is 11.0. The smallest absolute Gasteiger partial charge is 0.324 e. The molecule has 3 aromatic carbocycles. The molecule has 4 rings (SSSR count). The van der Waals surface area contributed by atoms with Gasteiger partial charge in [-0.2, -0.15) is 0 Å². The summed E-state index contributed by atoms with van der Waals surface area (Å²) in [5, 5.41) is 3.27. The predicted molar refractivity (Wildman–Crippen MR) is 169 cm³/mol. The molecular formula is C35H44N4O5. The van der Waals surface area contributed by atoms with Gasteiger partial charge in [0.1, 0.15) is 24.3 Å². The zero-order chi connectivity index (χ0) is 31.7. The molecule has 234 valence electrons. The van der Waals surface area contributed by atoms with Crippen molar-refractivity contribution < 1.29 is 23.9 Å². The number of rotatable bonds is 11. The molecular weight excluding hydrogens is 556 g/mol. The lowest BCUT2D eigenvalue weighted by Gasteiger charge is -2.30. The van der Waals surface area contributed by atoms with Crippen molar-refractivity contribution in [1.82, 2.24) is 10.2 Å². The highest BCUT2D eigenvalue weighted by molar-refractivity contribution is 5.85. The van der Waals surface area contributed by atoms with Crippen LogP contribution >= 0.6 is 0 Å². The molecule has 0 radical (unpaired) electrons. The van der Waals surface area contributed by atoms with E-state index in [-0.39, 0.29) is 24.9 Å². The van der Waals surface area contributed by atoms with Crippen LogP contribution in [0.25, 0.3) is 0 Å². The quantitative estimate of drug-likeness (QED) is 0.285. The molecule has 0 spiro atoms. The number of hydrogen-bond donors (Lipinski definition) is 3. The maximum Gasteiger partial charge on any atom is 0.324 e. The third-order valence-corrected chi connectivity index (χ3v) is 7.67. The standard InChI is InChI=1S/C35H44N4O5/c1-35(2,3)44-33(41)28(36)21-30-32(40)39(22-27(25-15-9-5-10-16-25)26-17-11-6-12-18-26)20-19-29(38-30)31(37)34(42)43-23-24-13-7-4-8-14-24/h4-18,27-31,38H,19-23,36-37H2,1-3H3/t28?,29-,30-,31?/m0/s1. The number of esters is 2. The third-order valence-electron chi connectivity index (χ3n) is 7.67. The number of benzene rings is 3. The lowest BCUT2D eigenvalue weighted by Crippen LogP contribution is -2.56. The van der Waals surface area contributed by atoms with Crippen molar-refractivity contribution in [3.8, 4) is 0 Å². The van der Waals surface area contributed by atoms with Gasteiger partial charge in [-0.15, -0.1) is 0 Å². The first-order chi connectivity index (χ1) is 21.0. The summed E-state index contributed by atoms with van der Waals surface area (Å²) in [5.41, 5.74) is 15.0. The Morgan fingerprint density at radius 2 is 1.43 bits per heavy atom. The van der Waals surface area contributed by atoms with Gasteiger partial charge in [0.05, 0.1) is 6.04 Å². The molecule has 0 aromatic heterocycles. The molecule has 4 atom stereocenters. The zero-order valence-corrected chi connectivity index (χ0v) is 25.7. The summed E-state index contributed by atoms with van der Waals surface area (Å²) in [4.78, 5) is 41.8. The van der Waals surface area contributed by atoms with E-state index in [0.29, 0.717) is 19.5 Å². The van der Waals surface area contributed by atoms with E-state index < -0.39 is 41.7 Å². The number of nitrogens with zero attached hydrogens (tertiary/aromatic N) is 1. The average Bonchev–Trinajstić information content (AvgIpc) is 3.17. The molecule has 1 aliphatic rings. The van der Waals surface area contributed by atoms with Crippen LogP contribution in [0.1, 0.15) is 56.2 Å². The van der Waals surface area contributed by atoms with E-state index in [1.165, 1.54) is 0 Å². The van der Waals surface area contributed by atoms with Crippen molar-refractivity contribution in [3.05, 3.63) is 108 Å². The summed E-state index contributed by atoms with van der Waals surface area (Å²) >= 11 is 0. The molecule has 1 saturated heterocycles. The Morgan fingerprint density at radius 3 is 1.98 bits per heavy atom. The molecule has 44 heavy (non-hydrogen) atoms. The van der Waals surface area contributed by atoms with E-state index in [1.54, 1.807) is 25.7 Å². The Morgan fingerprint density at radius 1 is 0.886 bits per heavy atom. The van der Waals surface area contributed by atoms with Crippen molar-refractivity contribution in [2.45, 2.75) is 75.9 Å². The van der Waals surface area contributed by atoms with Crippen molar-refractivity contribution in [3.63, 3.8) is 0 Å². The highest BCUT2D eigenvalue weighted by Gasteiger charge is 2.39. The van der Waals surface area contributed by atoms with Crippen LogP contribution in [-0.2, 0) is 30.5 Å². The Bertz CT molecular complexity index is 1320. The second-order valence-electron chi connectivity index (χ2n) is 12.3. The molecule has 0 saturated carbocycles. The van der Waals surface area contributed by atoms with Crippen LogP contribution in [0.4, 0.5) is 0 Å². The SMILES string of the molecule is CC(C)(C)OC(=O)C(N)C[C@@H]1N[C@H](C(N)C(=O)OCc2ccccc2)CCN(CC(c2ccccc2)c2ccccc2)C1=O. The van der Waals surface area contributed by atoms with E-state index in [4.69, 9.17) is 20.9 Å². The number of ether oxygens (including phenoxy) is 2. The number of carbonyl (C=O) groups is 3. The molecule has 3 aromatic rings. The molecule has 2 unspecified atom stereocenters. The number of nitrogens with two attached hydrogens (primary N) is 2. The summed E-state index contributed by atoms with van der Waals surface area (Å²) in [7, 11) is 0. The first-order valence-electron chi connectivity index (χ1n) is 15.1. The van der Waals surface area contributed by atoms with E-state index in [2.05, 4.69) is 29.6 Å². The topological polar surface area (TPSA) is 137 Å². The first-order valence-corrected chi connectivity index (χ1v) is 15.1. The van der Waals surface area contributed by atoms with Crippen LogP contribution in [0.5, 0.6) is 0 Å². The summed E-state index contributed by atoms with van der Waals surface area (Å²) in [5.74, 6) is -1.48. The molecule has 0 aliphatic carbocycles. The van der Waals surface area contributed by atoms with E-state index >= 15 is 0 Å².